The molecule has 1 heterocycles. The molecule has 17 heavy (non-hydrogen) atoms. The lowest BCUT2D eigenvalue weighted by Crippen LogP contribution is -2.51. The number of nitrogens with two attached hydrogens (primary N) is 2. The number of esters is 1. The number of ether oxygens (including phenoxy) is 1. The summed E-state index contributed by atoms with van der Waals surface area (Å²) in [6.45, 7) is 3.27. The van der Waals surface area contributed by atoms with Crippen LogP contribution < -0.4 is 11.5 Å². The molecule has 1 aliphatic rings. The zero-order chi connectivity index (χ0) is 12.8. The van der Waals surface area contributed by atoms with Gasteiger partial charge in [-0.2, -0.15) is 0 Å². The molecule has 4 N–H and O–H groups in total. The fourth-order valence-electron chi connectivity index (χ4n) is 2.19. The van der Waals surface area contributed by atoms with Crippen molar-refractivity contribution in [1.82, 2.24) is 4.90 Å². The maximum Gasteiger partial charge on any atom is 0.314 e. The SMILES string of the molecule is CCOC(=O)CCC1CC(N)CN(C(N)=O)C1. The first-order chi connectivity index (χ1) is 8.02. The lowest BCUT2D eigenvalue weighted by Gasteiger charge is -2.35. The van der Waals surface area contributed by atoms with Gasteiger partial charge in [0.2, 0.25) is 0 Å². The van der Waals surface area contributed by atoms with Crippen molar-refractivity contribution in [2.45, 2.75) is 32.2 Å². The summed E-state index contributed by atoms with van der Waals surface area (Å²) < 4.78 is 4.86. The second-order valence-electron chi connectivity index (χ2n) is 4.45. The zero-order valence-electron chi connectivity index (χ0n) is 10.2. The van der Waals surface area contributed by atoms with Crippen molar-refractivity contribution in [2.75, 3.05) is 19.7 Å². The lowest BCUT2D eigenvalue weighted by atomic mass is 9.91. The third kappa shape index (κ3) is 4.60. The van der Waals surface area contributed by atoms with Crippen molar-refractivity contribution in [3.8, 4) is 0 Å². The minimum absolute atomic E-state index is 0.0524. The quantitative estimate of drug-likeness (QED) is 0.682. The van der Waals surface area contributed by atoms with E-state index in [1.54, 1.807) is 11.8 Å². The molecule has 1 aliphatic heterocycles. The minimum Gasteiger partial charge on any atom is -0.466 e. The molecule has 0 aliphatic carbocycles. The van der Waals surface area contributed by atoms with Crippen LogP contribution in [-0.4, -0.2) is 42.6 Å². The van der Waals surface area contributed by atoms with Gasteiger partial charge < -0.3 is 21.1 Å². The van der Waals surface area contributed by atoms with E-state index in [9.17, 15) is 9.59 Å². The fourth-order valence-corrected chi connectivity index (χ4v) is 2.19. The highest BCUT2D eigenvalue weighted by Crippen LogP contribution is 2.20. The third-order valence-corrected chi connectivity index (χ3v) is 2.94. The predicted octanol–water partition coefficient (Wildman–Crippen LogP) is 0.0576. The van der Waals surface area contributed by atoms with E-state index in [-0.39, 0.29) is 17.9 Å². The van der Waals surface area contributed by atoms with Crippen LogP contribution in [0.3, 0.4) is 0 Å². The molecule has 0 aromatic rings. The van der Waals surface area contributed by atoms with Gasteiger partial charge in [0, 0.05) is 25.6 Å². The predicted molar refractivity (Wildman–Crippen MR) is 63.1 cm³/mol. The Morgan fingerprint density at radius 2 is 2.12 bits per heavy atom. The highest BCUT2D eigenvalue weighted by Gasteiger charge is 2.27. The molecule has 1 rings (SSSR count). The molecule has 2 unspecified atom stereocenters. The maximum atomic E-state index is 11.2. The Bertz CT molecular complexity index is 283. The van der Waals surface area contributed by atoms with E-state index >= 15 is 0 Å². The Morgan fingerprint density at radius 1 is 1.41 bits per heavy atom. The zero-order valence-corrected chi connectivity index (χ0v) is 10.2. The Kier molecular flexibility index (Phi) is 5.21. The van der Waals surface area contributed by atoms with Crippen molar-refractivity contribution in [1.29, 1.82) is 0 Å². The summed E-state index contributed by atoms with van der Waals surface area (Å²) in [5.41, 5.74) is 11.1. The molecule has 0 bridgehead atoms. The second kappa shape index (κ2) is 6.44. The summed E-state index contributed by atoms with van der Waals surface area (Å²) in [7, 11) is 0. The van der Waals surface area contributed by atoms with Crippen molar-refractivity contribution >= 4 is 12.0 Å². The molecular formula is C11H21N3O3. The number of urea groups is 1. The molecule has 2 atom stereocenters. The van der Waals surface area contributed by atoms with Crippen LogP contribution in [0.2, 0.25) is 0 Å². The summed E-state index contributed by atoms with van der Waals surface area (Å²) in [4.78, 5) is 23.9. The van der Waals surface area contributed by atoms with Gasteiger partial charge in [0.05, 0.1) is 6.61 Å². The Morgan fingerprint density at radius 3 is 2.71 bits per heavy atom. The first kappa shape index (κ1) is 13.8. The highest BCUT2D eigenvalue weighted by molar-refractivity contribution is 5.72. The van der Waals surface area contributed by atoms with Gasteiger partial charge in [-0.15, -0.1) is 0 Å². The van der Waals surface area contributed by atoms with Gasteiger partial charge >= 0.3 is 12.0 Å². The number of amides is 2. The normalized spacial score (nSPS) is 24.5. The molecule has 0 aromatic carbocycles. The summed E-state index contributed by atoms with van der Waals surface area (Å²) in [5, 5.41) is 0. The number of carbonyl (C=O) groups excluding carboxylic acids is 2. The molecule has 6 heteroatoms. The van der Waals surface area contributed by atoms with Gasteiger partial charge in [0.1, 0.15) is 0 Å². The second-order valence-corrected chi connectivity index (χ2v) is 4.45. The third-order valence-electron chi connectivity index (χ3n) is 2.94. The van der Waals surface area contributed by atoms with Crippen LogP contribution in [0.1, 0.15) is 26.2 Å². The number of hydrogen-bond donors (Lipinski definition) is 2. The molecule has 0 saturated carbocycles. The van der Waals surface area contributed by atoms with E-state index in [0.29, 0.717) is 32.5 Å². The molecule has 0 aromatic heterocycles. The first-order valence-corrected chi connectivity index (χ1v) is 5.98. The summed E-state index contributed by atoms with van der Waals surface area (Å²) in [6, 6.07) is -0.496. The first-order valence-electron chi connectivity index (χ1n) is 5.98. The van der Waals surface area contributed by atoms with E-state index in [4.69, 9.17) is 16.2 Å². The van der Waals surface area contributed by atoms with Crippen molar-refractivity contribution in [3.05, 3.63) is 0 Å². The summed E-state index contributed by atoms with van der Waals surface area (Å²) in [5.74, 6) is 0.0351. The van der Waals surface area contributed by atoms with Crippen molar-refractivity contribution < 1.29 is 14.3 Å². The van der Waals surface area contributed by atoms with Gasteiger partial charge in [0.15, 0.2) is 0 Å². The Hall–Kier alpha value is -1.30. The molecule has 2 amide bonds. The van der Waals surface area contributed by atoms with Gasteiger partial charge in [0.25, 0.3) is 0 Å². The van der Waals surface area contributed by atoms with Crippen molar-refractivity contribution in [3.63, 3.8) is 0 Å². The standard InChI is InChI=1S/C11H21N3O3/c1-2-17-10(15)4-3-8-5-9(12)7-14(6-8)11(13)16/h8-9H,2-7,12H2,1H3,(H2,13,16). The van der Waals surface area contributed by atoms with Crippen LogP contribution in [0.5, 0.6) is 0 Å². The van der Waals surface area contributed by atoms with Gasteiger partial charge in [-0.25, -0.2) is 4.79 Å². The number of hydrogen-bond acceptors (Lipinski definition) is 4. The van der Waals surface area contributed by atoms with E-state index in [1.807, 2.05) is 0 Å². The summed E-state index contributed by atoms with van der Waals surface area (Å²) >= 11 is 0. The van der Waals surface area contributed by atoms with Gasteiger partial charge in [-0.1, -0.05) is 0 Å². The highest BCUT2D eigenvalue weighted by atomic mass is 16.5. The number of carbonyl (C=O) groups is 2. The van der Waals surface area contributed by atoms with Crippen LogP contribution in [0.4, 0.5) is 4.79 Å². The lowest BCUT2D eigenvalue weighted by molar-refractivity contribution is -0.143. The Balaban J connectivity index is 2.37. The van der Waals surface area contributed by atoms with E-state index in [1.165, 1.54) is 0 Å². The number of primary amides is 1. The monoisotopic (exact) mass is 243 g/mol. The molecular weight excluding hydrogens is 222 g/mol. The van der Waals surface area contributed by atoms with E-state index in [2.05, 4.69) is 0 Å². The Labute approximate surface area is 101 Å². The van der Waals surface area contributed by atoms with Gasteiger partial charge in [-0.3, -0.25) is 4.79 Å². The topological polar surface area (TPSA) is 98.7 Å². The van der Waals surface area contributed by atoms with Gasteiger partial charge in [-0.05, 0) is 25.7 Å². The van der Waals surface area contributed by atoms with E-state index < -0.39 is 6.03 Å². The number of nitrogens with zero attached hydrogens (tertiary/aromatic N) is 1. The van der Waals surface area contributed by atoms with Crippen LogP contribution >= 0.6 is 0 Å². The maximum absolute atomic E-state index is 11.2. The number of likely N-dealkylation sites (tertiary alicyclic amines) is 1. The summed E-state index contributed by atoms with van der Waals surface area (Å²) in [6.07, 6.45) is 1.89. The van der Waals surface area contributed by atoms with Crippen molar-refractivity contribution in [2.24, 2.45) is 17.4 Å². The average Bonchev–Trinajstić information content (AvgIpc) is 2.26. The van der Waals surface area contributed by atoms with Crippen LogP contribution in [-0.2, 0) is 9.53 Å². The molecule has 0 spiro atoms. The molecule has 1 fully saturated rings. The molecule has 6 nitrogen and oxygen atoms in total. The fraction of sp³-hybridized carbons (Fsp3) is 0.818. The largest absolute Gasteiger partial charge is 0.466 e. The van der Waals surface area contributed by atoms with E-state index in [0.717, 1.165) is 6.42 Å². The smallest absolute Gasteiger partial charge is 0.314 e. The average molecular weight is 243 g/mol. The number of piperidine rings is 1. The van der Waals surface area contributed by atoms with Crippen LogP contribution in [0, 0.1) is 5.92 Å². The molecule has 1 saturated heterocycles. The molecule has 98 valence electrons. The van der Waals surface area contributed by atoms with Crippen LogP contribution in [0.15, 0.2) is 0 Å². The number of rotatable bonds is 4. The minimum atomic E-state index is -0.443. The molecule has 0 radical (unpaired) electrons. The van der Waals surface area contributed by atoms with Crippen LogP contribution in [0.25, 0.3) is 0 Å².